The van der Waals surface area contributed by atoms with Gasteiger partial charge in [-0.1, -0.05) is 0 Å². The molecule has 2 aliphatic rings. The van der Waals surface area contributed by atoms with E-state index < -0.39 is 18.4 Å². The Balaban J connectivity index is 1.73. The molecular formula is C29H32O3Sn. The van der Waals surface area contributed by atoms with Crippen molar-refractivity contribution in [1.82, 2.24) is 0 Å². The third-order valence-electron chi connectivity index (χ3n) is 7.53. The molecule has 33 heavy (non-hydrogen) atoms. The molecule has 2 heterocycles. The Morgan fingerprint density at radius 2 is 1.39 bits per heavy atom. The van der Waals surface area contributed by atoms with Gasteiger partial charge in [0.05, 0.1) is 0 Å². The second-order valence-electron chi connectivity index (χ2n) is 9.29. The number of benzene rings is 3. The summed E-state index contributed by atoms with van der Waals surface area (Å²) in [5, 5.41) is 9.59. The van der Waals surface area contributed by atoms with Crippen molar-refractivity contribution >= 4 is 29.1 Å². The third kappa shape index (κ3) is 4.10. The van der Waals surface area contributed by atoms with Gasteiger partial charge in [-0.3, -0.25) is 0 Å². The van der Waals surface area contributed by atoms with Gasteiger partial charge in [-0.2, -0.15) is 0 Å². The number of hydrogen-bond acceptors (Lipinski definition) is 3. The van der Waals surface area contributed by atoms with E-state index in [2.05, 4.69) is 102 Å². The normalized spacial score (nSPS) is 26.3. The van der Waals surface area contributed by atoms with E-state index in [0.717, 1.165) is 6.42 Å². The standard InChI is InChI=1S/C11H17O3.3C6H5.Sn/c1-8-4-6-14-11(2)9(8)7-13-10(11)3-5-12;3*1-2-4-6-5-3-1;/h1,9-10,12H,3-7H2,2H3;3*1-5H;/t9-,10-,11+;;;;/m1..../s1. The molecule has 0 spiro atoms. The first kappa shape index (κ1) is 22.9. The maximum absolute atomic E-state index is 9.59. The Hall–Kier alpha value is -1.92. The molecule has 170 valence electrons. The molecule has 0 unspecified atom stereocenters. The zero-order chi connectivity index (χ0) is 22.7. The summed E-state index contributed by atoms with van der Waals surface area (Å²) in [7, 11) is 0. The predicted octanol–water partition coefficient (Wildman–Crippen LogP) is 3.20. The Bertz CT molecular complexity index is 987. The molecule has 5 rings (SSSR count). The van der Waals surface area contributed by atoms with Gasteiger partial charge in [0, 0.05) is 0 Å². The van der Waals surface area contributed by atoms with Crippen molar-refractivity contribution < 1.29 is 14.6 Å². The van der Waals surface area contributed by atoms with Crippen LogP contribution in [0, 0.1) is 5.92 Å². The van der Waals surface area contributed by atoms with Crippen molar-refractivity contribution in [3.63, 3.8) is 0 Å². The molecule has 3 aromatic carbocycles. The molecule has 2 fully saturated rings. The molecular weight excluding hydrogens is 515 g/mol. The minimum atomic E-state index is -3.51. The van der Waals surface area contributed by atoms with E-state index in [1.165, 1.54) is 16.3 Å². The second kappa shape index (κ2) is 9.75. The number of ether oxygens (including phenoxy) is 2. The summed E-state index contributed by atoms with van der Waals surface area (Å²) in [5.41, 5.74) is 1.09. The van der Waals surface area contributed by atoms with E-state index in [1.54, 1.807) is 0 Å². The summed E-state index contributed by atoms with van der Waals surface area (Å²) in [5.74, 6) is 0.218. The van der Waals surface area contributed by atoms with Crippen LogP contribution in [0.25, 0.3) is 0 Å². The van der Waals surface area contributed by atoms with Gasteiger partial charge in [-0.25, -0.2) is 0 Å². The van der Waals surface area contributed by atoms with Crippen molar-refractivity contribution in [3.05, 3.63) is 101 Å². The van der Waals surface area contributed by atoms with Gasteiger partial charge < -0.3 is 0 Å². The molecule has 3 aromatic rings. The number of hydrogen-bond donors (Lipinski definition) is 1. The summed E-state index contributed by atoms with van der Waals surface area (Å²) in [6.45, 7) is 3.66. The Morgan fingerprint density at radius 1 is 0.879 bits per heavy atom. The van der Waals surface area contributed by atoms with Crippen LogP contribution in [0.3, 0.4) is 0 Å². The van der Waals surface area contributed by atoms with Crippen LogP contribution in [0.1, 0.15) is 19.8 Å². The fourth-order valence-electron chi connectivity index (χ4n) is 5.79. The zero-order valence-corrected chi connectivity index (χ0v) is 22.0. The Kier molecular flexibility index (Phi) is 6.75. The second-order valence-corrected chi connectivity index (χ2v) is 19.7. The van der Waals surface area contributed by atoms with E-state index in [9.17, 15) is 5.11 Å². The van der Waals surface area contributed by atoms with E-state index in [-0.39, 0.29) is 24.2 Å². The number of aliphatic hydroxyl groups excluding tert-OH is 1. The first-order valence-electron chi connectivity index (χ1n) is 11.9. The molecule has 0 radical (unpaired) electrons. The van der Waals surface area contributed by atoms with Gasteiger partial charge in [-0.15, -0.1) is 0 Å². The van der Waals surface area contributed by atoms with Crippen LogP contribution in [0.5, 0.6) is 0 Å². The van der Waals surface area contributed by atoms with Gasteiger partial charge in [0.1, 0.15) is 0 Å². The van der Waals surface area contributed by atoms with Crippen LogP contribution in [-0.4, -0.2) is 55.0 Å². The van der Waals surface area contributed by atoms with Crippen molar-refractivity contribution in [1.29, 1.82) is 0 Å². The van der Waals surface area contributed by atoms with Crippen LogP contribution < -0.4 is 10.7 Å². The molecule has 2 saturated heterocycles. The summed E-state index contributed by atoms with van der Waals surface area (Å²) in [6.07, 6.45) is 1.48. The monoisotopic (exact) mass is 548 g/mol. The first-order valence-corrected chi connectivity index (χ1v) is 17.9. The molecule has 3 nitrogen and oxygen atoms in total. The summed E-state index contributed by atoms with van der Waals surface area (Å²) < 4.78 is 19.6. The molecule has 0 aromatic heterocycles. The van der Waals surface area contributed by atoms with Crippen LogP contribution >= 0.6 is 0 Å². The van der Waals surface area contributed by atoms with Crippen molar-refractivity contribution in [3.8, 4) is 0 Å². The number of fused-ring (bicyclic) bond motifs is 1. The topological polar surface area (TPSA) is 38.7 Å². The summed E-state index contributed by atoms with van der Waals surface area (Å²) in [6, 6.07) is 33.3. The van der Waals surface area contributed by atoms with Crippen LogP contribution in [0.15, 0.2) is 101 Å². The summed E-state index contributed by atoms with van der Waals surface area (Å²) >= 11 is -3.51. The van der Waals surface area contributed by atoms with E-state index >= 15 is 0 Å². The molecule has 2 aliphatic heterocycles. The predicted molar refractivity (Wildman–Crippen MR) is 136 cm³/mol. The quantitative estimate of drug-likeness (QED) is 0.483. The fraction of sp³-hybridized carbons (Fsp3) is 0.310. The van der Waals surface area contributed by atoms with Gasteiger partial charge in [0.2, 0.25) is 0 Å². The van der Waals surface area contributed by atoms with E-state index in [0.29, 0.717) is 19.6 Å². The van der Waals surface area contributed by atoms with Crippen LogP contribution in [0.2, 0.25) is 0 Å². The Labute approximate surface area is 200 Å². The van der Waals surface area contributed by atoms with E-state index in [4.69, 9.17) is 9.47 Å². The van der Waals surface area contributed by atoms with Crippen molar-refractivity contribution in [2.75, 3.05) is 19.8 Å². The molecule has 0 bridgehead atoms. The minimum absolute atomic E-state index is 0.0639. The molecule has 0 aliphatic carbocycles. The van der Waals surface area contributed by atoms with Gasteiger partial charge in [0.15, 0.2) is 0 Å². The number of aliphatic hydroxyl groups is 1. The van der Waals surface area contributed by atoms with Crippen molar-refractivity contribution in [2.45, 2.75) is 31.5 Å². The first-order chi connectivity index (χ1) is 16.2. The molecule has 0 amide bonds. The number of rotatable bonds is 6. The molecule has 0 saturated carbocycles. The molecule has 3 atom stereocenters. The Morgan fingerprint density at radius 3 is 1.88 bits per heavy atom. The van der Waals surface area contributed by atoms with Gasteiger partial charge in [-0.05, 0) is 0 Å². The van der Waals surface area contributed by atoms with E-state index in [1.807, 2.05) is 0 Å². The van der Waals surface area contributed by atoms with Crippen LogP contribution in [0.4, 0.5) is 0 Å². The average Bonchev–Trinajstić information content (AvgIpc) is 3.21. The van der Waals surface area contributed by atoms with Crippen molar-refractivity contribution in [2.24, 2.45) is 5.92 Å². The fourth-order valence-corrected chi connectivity index (χ4v) is 18.8. The van der Waals surface area contributed by atoms with Crippen LogP contribution in [-0.2, 0) is 9.47 Å². The molecule has 4 heteroatoms. The maximum atomic E-state index is 9.59. The molecule has 1 N–H and O–H groups in total. The summed E-state index contributed by atoms with van der Waals surface area (Å²) in [4.78, 5) is 0. The van der Waals surface area contributed by atoms with Gasteiger partial charge in [0.25, 0.3) is 0 Å². The average molecular weight is 547 g/mol. The third-order valence-corrected chi connectivity index (χ3v) is 20.5. The SMILES string of the molecule is C[C@]12OCC/C(=[CH]\[Sn]([c]3ccccc3)([c]3ccccc3)[c]3ccccc3)[C@H]1CO[C@@H]2CCO. The zero-order valence-electron chi connectivity index (χ0n) is 19.2. The van der Waals surface area contributed by atoms with Gasteiger partial charge >= 0.3 is 202 Å².